The lowest BCUT2D eigenvalue weighted by atomic mass is 9.88. The van der Waals surface area contributed by atoms with Crippen molar-refractivity contribution in [2.45, 2.75) is 18.9 Å². The van der Waals surface area contributed by atoms with E-state index in [0.717, 1.165) is 11.1 Å². The third-order valence-electron chi connectivity index (χ3n) is 3.47. The van der Waals surface area contributed by atoms with Crippen molar-refractivity contribution in [1.29, 1.82) is 0 Å². The van der Waals surface area contributed by atoms with E-state index in [-0.39, 0.29) is 18.3 Å². The first-order chi connectivity index (χ1) is 9.54. The van der Waals surface area contributed by atoms with Crippen LogP contribution >= 0.6 is 11.6 Å². The molecule has 2 nitrogen and oxygen atoms in total. The minimum Gasteiger partial charge on any atom is -0.388 e. The maximum Gasteiger partial charge on any atom is 0.123 e. The third-order valence-corrected chi connectivity index (χ3v) is 3.99. The van der Waals surface area contributed by atoms with Gasteiger partial charge in [-0.25, -0.2) is 4.39 Å². The van der Waals surface area contributed by atoms with E-state index in [1.807, 2.05) is 19.1 Å². The van der Waals surface area contributed by atoms with Crippen LogP contribution in [0.1, 0.15) is 28.7 Å². The Balaban J connectivity index is 2.36. The van der Waals surface area contributed by atoms with Crippen LogP contribution in [0.15, 0.2) is 42.5 Å². The maximum atomic E-state index is 13.0. The van der Waals surface area contributed by atoms with Crippen molar-refractivity contribution in [3.8, 4) is 0 Å². The zero-order valence-electron chi connectivity index (χ0n) is 11.2. The first-order valence-electron chi connectivity index (χ1n) is 6.43. The summed E-state index contributed by atoms with van der Waals surface area (Å²) in [5.41, 5.74) is 8.11. The molecule has 0 fully saturated rings. The second-order valence-corrected chi connectivity index (χ2v) is 5.19. The van der Waals surface area contributed by atoms with Gasteiger partial charge in [-0.05, 0) is 30.2 Å². The van der Waals surface area contributed by atoms with Crippen LogP contribution < -0.4 is 5.73 Å². The SMILES string of the molecule is Cc1cccc(C(O)C(CN)c2ccc(F)cc2)c1Cl. The van der Waals surface area contributed by atoms with Gasteiger partial charge in [-0.3, -0.25) is 0 Å². The Morgan fingerprint density at radius 1 is 1.20 bits per heavy atom. The summed E-state index contributed by atoms with van der Waals surface area (Å²) < 4.78 is 13.0. The van der Waals surface area contributed by atoms with E-state index in [1.165, 1.54) is 12.1 Å². The lowest BCUT2D eigenvalue weighted by Crippen LogP contribution is -2.20. The van der Waals surface area contributed by atoms with Crippen LogP contribution in [0.5, 0.6) is 0 Å². The molecule has 0 aliphatic carbocycles. The van der Waals surface area contributed by atoms with E-state index >= 15 is 0 Å². The van der Waals surface area contributed by atoms with Gasteiger partial charge in [-0.1, -0.05) is 41.9 Å². The summed E-state index contributed by atoms with van der Waals surface area (Å²) in [7, 11) is 0. The smallest absolute Gasteiger partial charge is 0.123 e. The summed E-state index contributed by atoms with van der Waals surface area (Å²) in [6, 6.07) is 11.5. The highest BCUT2D eigenvalue weighted by Gasteiger charge is 2.23. The molecule has 4 heteroatoms. The van der Waals surface area contributed by atoms with Crippen LogP contribution in [0.2, 0.25) is 5.02 Å². The summed E-state index contributed by atoms with van der Waals surface area (Å²) in [4.78, 5) is 0. The van der Waals surface area contributed by atoms with Crippen molar-refractivity contribution in [2.75, 3.05) is 6.54 Å². The molecule has 0 heterocycles. The predicted molar refractivity (Wildman–Crippen MR) is 79.3 cm³/mol. The molecule has 2 aromatic carbocycles. The minimum atomic E-state index is -0.821. The number of benzene rings is 2. The van der Waals surface area contributed by atoms with Gasteiger partial charge in [0.2, 0.25) is 0 Å². The van der Waals surface area contributed by atoms with Crippen molar-refractivity contribution < 1.29 is 9.50 Å². The van der Waals surface area contributed by atoms with Crippen LogP contribution in [0.4, 0.5) is 4.39 Å². The van der Waals surface area contributed by atoms with E-state index in [0.29, 0.717) is 10.6 Å². The first-order valence-corrected chi connectivity index (χ1v) is 6.81. The lowest BCUT2D eigenvalue weighted by Gasteiger charge is -2.23. The number of aliphatic hydroxyl groups is 1. The largest absolute Gasteiger partial charge is 0.388 e. The zero-order valence-corrected chi connectivity index (χ0v) is 11.9. The minimum absolute atomic E-state index is 0.247. The van der Waals surface area contributed by atoms with E-state index in [2.05, 4.69) is 0 Å². The lowest BCUT2D eigenvalue weighted by molar-refractivity contribution is 0.147. The van der Waals surface area contributed by atoms with Crippen LogP contribution in [0, 0.1) is 12.7 Å². The van der Waals surface area contributed by atoms with Crippen molar-refractivity contribution in [3.63, 3.8) is 0 Å². The maximum absolute atomic E-state index is 13.0. The number of aryl methyl sites for hydroxylation is 1. The molecule has 0 radical (unpaired) electrons. The molecule has 0 spiro atoms. The fourth-order valence-electron chi connectivity index (χ4n) is 2.27. The van der Waals surface area contributed by atoms with Gasteiger partial charge in [0.25, 0.3) is 0 Å². The van der Waals surface area contributed by atoms with Gasteiger partial charge in [0.05, 0.1) is 6.10 Å². The summed E-state index contributed by atoms with van der Waals surface area (Å²) in [6.45, 7) is 2.13. The fourth-order valence-corrected chi connectivity index (χ4v) is 2.51. The molecule has 0 aliphatic heterocycles. The number of halogens is 2. The van der Waals surface area contributed by atoms with Crippen molar-refractivity contribution in [1.82, 2.24) is 0 Å². The van der Waals surface area contributed by atoms with Crippen LogP contribution in [0.3, 0.4) is 0 Å². The number of hydrogen-bond acceptors (Lipinski definition) is 2. The molecule has 2 rings (SSSR count). The van der Waals surface area contributed by atoms with E-state index < -0.39 is 6.10 Å². The van der Waals surface area contributed by atoms with Gasteiger partial charge in [0.1, 0.15) is 5.82 Å². The average molecular weight is 294 g/mol. The number of nitrogens with two attached hydrogens (primary N) is 1. The normalized spacial score (nSPS) is 14.1. The molecule has 2 atom stereocenters. The van der Waals surface area contributed by atoms with Gasteiger partial charge < -0.3 is 10.8 Å². The molecule has 0 aromatic heterocycles. The highest BCUT2D eigenvalue weighted by molar-refractivity contribution is 6.32. The molecule has 3 N–H and O–H groups in total. The Hall–Kier alpha value is -1.42. The first kappa shape index (κ1) is 15.0. The van der Waals surface area contributed by atoms with Crippen molar-refractivity contribution >= 4 is 11.6 Å². The molecule has 0 amide bonds. The summed E-state index contributed by atoms with van der Waals surface area (Å²) >= 11 is 6.24. The van der Waals surface area contributed by atoms with Gasteiger partial charge >= 0.3 is 0 Å². The molecule has 0 aliphatic rings. The molecule has 0 saturated carbocycles. The summed E-state index contributed by atoms with van der Waals surface area (Å²) in [6.07, 6.45) is -0.821. The average Bonchev–Trinajstić information content (AvgIpc) is 2.44. The van der Waals surface area contributed by atoms with Crippen molar-refractivity contribution in [3.05, 3.63) is 70.0 Å². The fraction of sp³-hybridized carbons (Fsp3) is 0.250. The Morgan fingerprint density at radius 2 is 1.85 bits per heavy atom. The second kappa shape index (κ2) is 6.35. The Bertz CT molecular complexity index is 586. The zero-order chi connectivity index (χ0) is 14.7. The predicted octanol–water partition coefficient (Wildman–Crippen LogP) is 3.56. The monoisotopic (exact) mass is 293 g/mol. The Morgan fingerprint density at radius 3 is 2.45 bits per heavy atom. The number of rotatable bonds is 4. The van der Waals surface area contributed by atoms with E-state index in [9.17, 15) is 9.50 Å². The number of hydrogen-bond donors (Lipinski definition) is 2. The van der Waals surface area contributed by atoms with Crippen LogP contribution in [0.25, 0.3) is 0 Å². The number of aliphatic hydroxyl groups excluding tert-OH is 1. The third kappa shape index (κ3) is 3.01. The molecule has 0 saturated heterocycles. The summed E-state index contributed by atoms with van der Waals surface area (Å²) in [5.74, 6) is -0.637. The Labute approximate surface area is 123 Å². The van der Waals surface area contributed by atoms with Gasteiger partial charge in [-0.2, -0.15) is 0 Å². The molecule has 2 unspecified atom stereocenters. The molecule has 2 aromatic rings. The van der Waals surface area contributed by atoms with E-state index in [1.54, 1.807) is 18.2 Å². The van der Waals surface area contributed by atoms with Crippen LogP contribution in [-0.4, -0.2) is 11.7 Å². The topological polar surface area (TPSA) is 46.2 Å². The van der Waals surface area contributed by atoms with Gasteiger partial charge in [0, 0.05) is 23.0 Å². The molecular weight excluding hydrogens is 277 g/mol. The van der Waals surface area contributed by atoms with E-state index in [4.69, 9.17) is 17.3 Å². The highest BCUT2D eigenvalue weighted by atomic mass is 35.5. The van der Waals surface area contributed by atoms with Gasteiger partial charge in [-0.15, -0.1) is 0 Å². The van der Waals surface area contributed by atoms with Crippen LogP contribution in [-0.2, 0) is 0 Å². The Kier molecular flexibility index (Phi) is 4.76. The summed E-state index contributed by atoms with van der Waals surface area (Å²) in [5, 5.41) is 11.1. The second-order valence-electron chi connectivity index (χ2n) is 4.82. The molecule has 106 valence electrons. The highest BCUT2D eigenvalue weighted by Crippen LogP contribution is 2.35. The molecule has 0 bridgehead atoms. The van der Waals surface area contributed by atoms with Gasteiger partial charge in [0.15, 0.2) is 0 Å². The quantitative estimate of drug-likeness (QED) is 0.905. The standard InChI is InChI=1S/C16H17ClFNO/c1-10-3-2-4-13(15(10)17)16(20)14(9-19)11-5-7-12(18)8-6-11/h2-8,14,16,20H,9,19H2,1H3. The molecule has 20 heavy (non-hydrogen) atoms. The molecular formula is C16H17ClFNO. The van der Waals surface area contributed by atoms with Crippen molar-refractivity contribution in [2.24, 2.45) is 5.73 Å².